The van der Waals surface area contributed by atoms with E-state index in [4.69, 9.17) is 0 Å². The summed E-state index contributed by atoms with van der Waals surface area (Å²) in [7, 11) is 0. The zero-order chi connectivity index (χ0) is 25.6. The van der Waals surface area contributed by atoms with Gasteiger partial charge in [-0.2, -0.15) is 27.1 Å². The third-order valence-electron chi connectivity index (χ3n) is 5.31. The Labute approximate surface area is 199 Å². The Morgan fingerprint density at radius 3 is 2.49 bits per heavy atom. The fourth-order valence-corrected chi connectivity index (χ4v) is 3.80. The molecule has 190 valence electrons. The summed E-state index contributed by atoms with van der Waals surface area (Å²) < 4.78 is 70.9. The molecule has 1 amide bonds. The zero-order valence-electron chi connectivity index (χ0n) is 19.4. The zero-order valence-corrected chi connectivity index (χ0v) is 19.4. The van der Waals surface area contributed by atoms with Crippen LogP contribution in [0.3, 0.4) is 0 Å². The molecule has 2 heterocycles. The van der Waals surface area contributed by atoms with Gasteiger partial charge in [0.2, 0.25) is 0 Å². The number of rotatable bonds is 5. The van der Waals surface area contributed by atoms with Gasteiger partial charge in [0, 0.05) is 17.6 Å². The number of carbonyl (C=O) groups is 1. The molecule has 0 atom stereocenters. The largest absolute Gasteiger partial charge is 0.433 e. The molecule has 1 fully saturated rings. The number of alkyl halides is 5. The second-order valence-corrected chi connectivity index (χ2v) is 8.25. The summed E-state index contributed by atoms with van der Waals surface area (Å²) in [6, 6.07) is 5.74. The summed E-state index contributed by atoms with van der Waals surface area (Å²) in [5.41, 5.74) is -1.47. The van der Waals surface area contributed by atoms with Crippen LogP contribution < -0.4 is 10.1 Å². The number of aromatic nitrogens is 3. The predicted molar refractivity (Wildman–Crippen MR) is 122 cm³/mol. The van der Waals surface area contributed by atoms with Crippen molar-refractivity contribution < 1.29 is 31.5 Å². The van der Waals surface area contributed by atoms with E-state index in [0.717, 1.165) is 50.3 Å². The van der Waals surface area contributed by atoms with Gasteiger partial charge in [-0.15, -0.1) is 0 Å². The smallest absolute Gasteiger partial charge is 0.433 e. The van der Waals surface area contributed by atoms with Crippen molar-refractivity contribution in [3.63, 3.8) is 0 Å². The molecule has 4 rings (SSSR count). The minimum Gasteiger partial charge on any atom is -0.433 e. The maximum Gasteiger partial charge on any atom is 0.433 e. The molecule has 1 aliphatic rings. The van der Waals surface area contributed by atoms with E-state index < -0.39 is 30.1 Å². The Balaban J connectivity index is 0.00000108. The molecule has 35 heavy (non-hydrogen) atoms. The standard InChI is InChI=1S/C21H19F5N4O2.C3H8/c22-20(23)32-17-10-15-12(11-30(29-15)13-5-2-1-3-6-13)9-16(17)28-19(31)14-7-4-8-18(27-14)21(24,25)26;1-3-2/h4,7-11,13,20H,1-3,5-6H2,(H,28,31);3H2,1-2H3. The van der Waals surface area contributed by atoms with Gasteiger partial charge in [0.05, 0.1) is 17.2 Å². The van der Waals surface area contributed by atoms with Gasteiger partial charge in [-0.25, -0.2) is 4.98 Å². The first-order valence-corrected chi connectivity index (χ1v) is 11.5. The number of nitrogens with one attached hydrogen (secondary N) is 1. The summed E-state index contributed by atoms with van der Waals surface area (Å²) in [6.07, 6.45) is 3.50. The minimum atomic E-state index is -4.73. The molecular formula is C24H27F5N4O2. The van der Waals surface area contributed by atoms with Gasteiger partial charge in [-0.05, 0) is 31.0 Å². The Morgan fingerprint density at radius 1 is 1.17 bits per heavy atom. The second kappa shape index (κ2) is 11.5. The lowest BCUT2D eigenvalue weighted by molar-refractivity contribution is -0.141. The molecule has 0 unspecified atom stereocenters. The third kappa shape index (κ3) is 6.89. The highest BCUT2D eigenvalue weighted by Gasteiger charge is 2.33. The van der Waals surface area contributed by atoms with Gasteiger partial charge in [0.1, 0.15) is 11.4 Å². The molecule has 1 aromatic carbocycles. The van der Waals surface area contributed by atoms with Crippen molar-refractivity contribution in [3.05, 3.63) is 47.9 Å². The van der Waals surface area contributed by atoms with E-state index in [-0.39, 0.29) is 17.5 Å². The maximum absolute atomic E-state index is 12.9. The first kappa shape index (κ1) is 26.4. The van der Waals surface area contributed by atoms with Crippen LogP contribution >= 0.6 is 0 Å². The minimum absolute atomic E-state index is 0.120. The van der Waals surface area contributed by atoms with Crippen LogP contribution in [-0.4, -0.2) is 27.3 Å². The monoisotopic (exact) mass is 498 g/mol. The van der Waals surface area contributed by atoms with Crippen LogP contribution in [0.25, 0.3) is 10.9 Å². The van der Waals surface area contributed by atoms with Crippen LogP contribution in [0.4, 0.5) is 27.6 Å². The second-order valence-electron chi connectivity index (χ2n) is 8.25. The summed E-state index contributed by atoms with van der Waals surface area (Å²) in [4.78, 5) is 15.8. The van der Waals surface area contributed by atoms with Gasteiger partial charge in [0.15, 0.2) is 5.75 Å². The summed E-state index contributed by atoms with van der Waals surface area (Å²) in [5, 5.41) is 7.36. The van der Waals surface area contributed by atoms with E-state index in [1.807, 2.05) is 0 Å². The van der Waals surface area contributed by atoms with Crippen molar-refractivity contribution >= 4 is 22.5 Å². The topological polar surface area (TPSA) is 69.0 Å². The van der Waals surface area contributed by atoms with Crippen LogP contribution in [0.2, 0.25) is 0 Å². The molecule has 0 radical (unpaired) electrons. The van der Waals surface area contributed by atoms with Crippen LogP contribution in [0, 0.1) is 0 Å². The van der Waals surface area contributed by atoms with Crippen molar-refractivity contribution in [2.75, 3.05) is 5.32 Å². The lowest BCUT2D eigenvalue weighted by Gasteiger charge is -2.21. The normalized spacial score (nSPS) is 14.5. The number of fused-ring (bicyclic) bond motifs is 1. The molecular weight excluding hydrogens is 471 g/mol. The van der Waals surface area contributed by atoms with E-state index in [2.05, 4.69) is 34.0 Å². The third-order valence-corrected chi connectivity index (χ3v) is 5.31. The molecule has 1 aliphatic carbocycles. The van der Waals surface area contributed by atoms with Crippen molar-refractivity contribution in [1.82, 2.24) is 14.8 Å². The molecule has 3 aromatic rings. The van der Waals surface area contributed by atoms with Crippen molar-refractivity contribution in [3.8, 4) is 5.75 Å². The fourth-order valence-electron chi connectivity index (χ4n) is 3.80. The summed E-state index contributed by atoms with van der Waals surface area (Å²) >= 11 is 0. The van der Waals surface area contributed by atoms with Gasteiger partial charge in [-0.3, -0.25) is 9.48 Å². The highest BCUT2D eigenvalue weighted by Crippen LogP contribution is 2.34. The number of amides is 1. The van der Waals surface area contributed by atoms with Crippen LogP contribution in [0.5, 0.6) is 5.75 Å². The van der Waals surface area contributed by atoms with Crippen molar-refractivity contribution in [2.45, 2.75) is 71.2 Å². The lowest BCUT2D eigenvalue weighted by Crippen LogP contribution is -2.18. The van der Waals surface area contributed by atoms with E-state index in [1.54, 1.807) is 10.9 Å². The van der Waals surface area contributed by atoms with E-state index >= 15 is 0 Å². The van der Waals surface area contributed by atoms with Crippen molar-refractivity contribution in [2.24, 2.45) is 0 Å². The molecule has 1 N–H and O–H groups in total. The molecule has 2 aromatic heterocycles. The number of halogens is 5. The average molecular weight is 498 g/mol. The van der Waals surface area contributed by atoms with Gasteiger partial charge < -0.3 is 10.1 Å². The molecule has 0 bridgehead atoms. The maximum atomic E-state index is 12.9. The quantitative estimate of drug-likeness (QED) is 0.377. The molecule has 1 saturated carbocycles. The van der Waals surface area contributed by atoms with E-state index in [0.29, 0.717) is 10.9 Å². The molecule has 0 aliphatic heterocycles. The molecule has 11 heteroatoms. The van der Waals surface area contributed by atoms with Crippen LogP contribution in [0.15, 0.2) is 36.5 Å². The van der Waals surface area contributed by atoms with E-state index in [9.17, 15) is 26.7 Å². The Kier molecular flexibility index (Phi) is 8.63. The number of carbonyl (C=O) groups excluding carboxylic acids is 1. The van der Waals surface area contributed by atoms with Gasteiger partial charge >= 0.3 is 12.8 Å². The number of anilines is 1. The summed E-state index contributed by atoms with van der Waals surface area (Å²) in [5.74, 6) is -1.34. The van der Waals surface area contributed by atoms with Crippen LogP contribution in [0.1, 0.15) is 74.6 Å². The molecule has 6 nitrogen and oxygen atoms in total. The highest BCUT2D eigenvalue weighted by molar-refractivity contribution is 6.05. The molecule has 0 saturated heterocycles. The first-order valence-electron chi connectivity index (χ1n) is 11.5. The number of nitrogens with zero attached hydrogens (tertiary/aromatic N) is 3. The Morgan fingerprint density at radius 2 is 1.86 bits per heavy atom. The average Bonchev–Trinajstić information content (AvgIpc) is 3.22. The predicted octanol–water partition coefficient (Wildman–Crippen LogP) is 7.23. The fraction of sp³-hybridized carbons (Fsp3) is 0.458. The lowest BCUT2D eigenvalue weighted by atomic mass is 9.96. The van der Waals surface area contributed by atoms with Gasteiger partial charge in [-0.1, -0.05) is 45.6 Å². The van der Waals surface area contributed by atoms with Crippen molar-refractivity contribution in [1.29, 1.82) is 0 Å². The van der Waals surface area contributed by atoms with Gasteiger partial charge in [0.25, 0.3) is 5.91 Å². The Bertz CT molecular complexity index is 1140. The Hall–Kier alpha value is -3.24. The number of benzene rings is 1. The number of pyridine rings is 1. The number of ether oxygens (including phenoxy) is 1. The number of hydrogen-bond donors (Lipinski definition) is 1. The van der Waals surface area contributed by atoms with E-state index in [1.165, 1.54) is 18.6 Å². The molecule has 0 spiro atoms. The van der Waals surface area contributed by atoms with Crippen LogP contribution in [-0.2, 0) is 6.18 Å². The summed E-state index contributed by atoms with van der Waals surface area (Å²) in [6.45, 7) is 1.08. The first-order chi connectivity index (χ1) is 16.6. The SMILES string of the molecule is CCC.O=C(Nc1cc2cn(C3CCCCC3)nc2cc1OC(F)F)c1cccc(C(F)(F)F)n1. The highest BCUT2D eigenvalue weighted by atomic mass is 19.4. The number of hydrogen-bond acceptors (Lipinski definition) is 4.